The van der Waals surface area contributed by atoms with Crippen LogP contribution in [0.3, 0.4) is 0 Å². The largest absolute Gasteiger partial charge is 0.494 e. The fraction of sp³-hybridized carbons (Fsp3) is 0.632. The molecule has 1 amide bonds. The van der Waals surface area contributed by atoms with E-state index in [9.17, 15) is 4.79 Å². The molecule has 5 nitrogen and oxygen atoms in total. The van der Waals surface area contributed by atoms with Crippen LogP contribution in [0.1, 0.15) is 34.1 Å². The Morgan fingerprint density at radius 2 is 2.08 bits per heavy atom. The van der Waals surface area contributed by atoms with E-state index in [-0.39, 0.29) is 12.1 Å². The summed E-state index contributed by atoms with van der Waals surface area (Å²) in [6.07, 6.45) is 0.770. The highest BCUT2D eigenvalue weighted by Gasteiger charge is 2.30. The number of hydrogen-bond donors (Lipinski definition) is 0. The molecule has 0 N–H and O–H groups in total. The van der Waals surface area contributed by atoms with Gasteiger partial charge in [0.2, 0.25) is 0 Å². The lowest BCUT2D eigenvalue weighted by molar-refractivity contribution is 0.00105. The van der Waals surface area contributed by atoms with Crippen molar-refractivity contribution in [1.82, 2.24) is 9.80 Å². The first-order valence-electron chi connectivity index (χ1n) is 8.85. The van der Waals surface area contributed by atoms with E-state index >= 15 is 0 Å². The number of halogens is 1. The van der Waals surface area contributed by atoms with Crippen LogP contribution in [-0.2, 0) is 4.74 Å². The Balaban J connectivity index is 1.69. The van der Waals surface area contributed by atoms with E-state index in [1.807, 2.05) is 43.9 Å². The minimum Gasteiger partial charge on any atom is -0.494 e. The third-order valence-corrected chi connectivity index (χ3v) is 4.69. The number of rotatable bonds is 5. The molecule has 0 bridgehead atoms. The van der Waals surface area contributed by atoms with E-state index in [2.05, 4.69) is 40.5 Å². The van der Waals surface area contributed by atoms with Gasteiger partial charge in [0.25, 0.3) is 0 Å². The van der Waals surface area contributed by atoms with Crippen molar-refractivity contribution in [3.05, 3.63) is 27.8 Å². The van der Waals surface area contributed by atoms with E-state index < -0.39 is 5.60 Å². The number of amides is 1. The summed E-state index contributed by atoms with van der Waals surface area (Å²) in [5.74, 6) is 0.926. The molecule has 1 aromatic carbocycles. The van der Waals surface area contributed by atoms with Gasteiger partial charge in [-0.15, -0.1) is 0 Å². The molecule has 140 valence electrons. The van der Waals surface area contributed by atoms with Crippen molar-refractivity contribution in [2.45, 2.75) is 45.8 Å². The Bertz CT molecular complexity index is 574. The zero-order chi connectivity index (χ0) is 18.4. The molecule has 1 atom stereocenters. The van der Waals surface area contributed by atoms with Gasteiger partial charge in [-0.1, -0.05) is 6.07 Å². The van der Waals surface area contributed by atoms with Gasteiger partial charge in [-0.25, -0.2) is 4.79 Å². The quantitative estimate of drug-likeness (QED) is 0.492. The molecular weight excluding hydrogens is 431 g/mol. The average molecular weight is 460 g/mol. The maximum Gasteiger partial charge on any atom is 0.410 e. The third-order valence-electron chi connectivity index (χ3n) is 4.02. The predicted octanol–water partition coefficient (Wildman–Crippen LogP) is 4.00. The molecule has 0 aliphatic carbocycles. The lowest BCUT2D eigenvalue weighted by Gasteiger charge is -2.40. The number of ether oxygens (including phenoxy) is 2. The molecule has 0 saturated carbocycles. The number of nitrogens with zero attached hydrogens (tertiary/aromatic N) is 2. The first kappa shape index (κ1) is 20.3. The fourth-order valence-electron chi connectivity index (χ4n) is 2.86. The lowest BCUT2D eigenvalue weighted by atomic mass is 10.2. The van der Waals surface area contributed by atoms with E-state index in [1.54, 1.807) is 0 Å². The second-order valence-corrected chi connectivity index (χ2v) is 8.73. The Morgan fingerprint density at radius 1 is 1.32 bits per heavy atom. The van der Waals surface area contributed by atoms with E-state index in [0.717, 1.165) is 31.8 Å². The summed E-state index contributed by atoms with van der Waals surface area (Å²) in [7, 11) is 0. The van der Waals surface area contributed by atoms with Crippen LogP contribution in [0.5, 0.6) is 5.75 Å². The highest BCUT2D eigenvalue weighted by molar-refractivity contribution is 14.1. The second kappa shape index (κ2) is 9.07. The van der Waals surface area contributed by atoms with Crippen LogP contribution in [0.25, 0.3) is 0 Å². The van der Waals surface area contributed by atoms with Crippen LogP contribution < -0.4 is 4.74 Å². The number of benzene rings is 1. The third kappa shape index (κ3) is 7.01. The van der Waals surface area contributed by atoms with Gasteiger partial charge in [0.05, 0.1) is 6.61 Å². The van der Waals surface area contributed by atoms with Crippen molar-refractivity contribution in [1.29, 1.82) is 0 Å². The summed E-state index contributed by atoms with van der Waals surface area (Å²) in [6, 6.07) is 8.26. The first-order chi connectivity index (χ1) is 11.7. The van der Waals surface area contributed by atoms with E-state index in [1.165, 1.54) is 3.57 Å². The van der Waals surface area contributed by atoms with Crippen LogP contribution in [0.2, 0.25) is 0 Å². The van der Waals surface area contributed by atoms with Gasteiger partial charge >= 0.3 is 6.09 Å². The molecule has 1 aromatic rings. The van der Waals surface area contributed by atoms with E-state index in [4.69, 9.17) is 9.47 Å². The minimum atomic E-state index is -0.444. The topological polar surface area (TPSA) is 42.0 Å². The van der Waals surface area contributed by atoms with Crippen molar-refractivity contribution < 1.29 is 14.3 Å². The molecule has 1 heterocycles. The number of carbonyl (C=O) groups is 1. The molecule has 6 heteroatoms. The summed E-state index contributed by atoms with van der Waals surface area (Å²) < 4.78 is 12.5. The Hall–Kier alpha value is -1.02. The molecule has 1 aliphatic rings. The standard InChI is InChI=1S/C19H29IN2O3/c1-15-14-21(10-11-22(15)18(23)25-19(2,3)4)9-6-12-24-17-8-5-7-16(20)13-17/h5,7-8,13,15H,6,9-12,14H2,1-4H3/t15-/m1/s1. The SMILES string of the molecule is C[C@@H]1CN(CCCOc2cccc(I)c2)CCN1C(=O)OC(C)(C)C. The monoisotopic (exact) mass is 460 g/mol. The van der Waals surface area contributed by atoms with Crippen LogP contribution in [0.4, 0.5) is 4.79 Å². The van der Waals surface area contributed by atoms with Gasteiger partial charge in [-0.2, -0.15) is 0 Å². The molecular formula is C19H29IN2O3. The predicted molar refractivity (Wildman–Crippen MR) is 108 cm³/mol. The van der Waals surface area contributed by atoms with Crippen molar-refractivity contribution >= 4 is 28.7 Å². The minimum absolute atomic E-state index is 0.167. The molecule has 0 aromatic heterocycles. The number of hydrogen-bond acceptors (Lipinski definition) is 4. The molecule has 1 fully saturated rings. The highest BCUT2D eigenvalue weighted by Crippen LogP contribution is 2.17. The Morgan fingerprint density at radius 3 is 2.72 bits per heavy atom. The maximum atomic E-state index is 12.2. The number of piperazine rings is 1. The van der Waals surface area contributed by atoms with Gasteiger partial charge in [0.15, 0.2) is 0 Å². The molecule has 1 saturated heterocycles. The molecule has 2 rings (SSSR count). The maximum absolute atomic E-state index is 12.2. The summed E-state index contributed by atoms with van der Waals surface area (Å²) in [5, 5.41) is 0. The summed E-state index contributed by atoms with van der Waals surface area (Å²) in [6.45, 7) is 12.0. The average Bonchev–Trinajstić information content (AvgIpc) is 2.50. The smallest absolute Gasteiger partial charge is 0.410 e. The van der Waals surface area contributed by atoms with Crippen molar-refractivity contribution in [3.63, 3.8) is 0 Å². The zero-order valence-corrected chi connectivity index (χ0v) is 17.8. The first-order valence-corrected chi connectivity index (χ1v) is 9.93. The van der Waals surface area contributed by atoms with Gasteiger partial charge in [0, 0.05) is 35.8 Å². The Kier molecular flexibility index (Phi) is 7.37. The van der Waals surface area contributed by atoms with Gasteiger partial charge < -0.3 is 14.4 Å². The molecule has 0 unspecified atom stereocenters. The van der Waals surface area contributed by atoms with Crippen LogP contribution in [0.15, 0.2) is 24.3 Å². The normalized spacial score (nSPS) is 18.9. The fourth-order valence-corrected chi connectivity index (χ4v) is 3.38. The molecule has 0 spiro atoms. The summed E-state index contributed by atoms with van der Waals surface area (Å²) in [5.41, 5.74) is -0.444. The number of carbonyl (C=O) groups excluding carboxylic acids is 1. The van der Waals surface area contributed by atoms with Crippen molar-refractivity contribution in [2.75, 3.05) is 32.8 Å². The highest BCUT2D eigenvalue weighted by atomic mass is 127. The van der Waals surface area contributed by atoms with Crippen molar-refractivity contribution in [3.8, 4) is 5.75 Å². The van der Waals surface area contributed by atoms with Crippen LogP contribution in [0, 0.1) is 3.57 Å². The molecule has 0 radical (unpaired) electrons. The van der Waals surface area contributed by atoms with Gasteiger partial charge in [-0.05, 0) is 74.9 Å². The van der Waals surface area contributed by atoms with Crippen LogP contribution >= 0.6 is 22.6 Å². The van der Waals surface area contributed by atoms with Gasteiger partial charge in [-0.3, -0.25) is 4.90 Å². The molecule has 25 heavy (non-hydrogen) atoms. The Labute approximate surface area is 164 Å². The zero-order valence-electron chi connectivity index (χ0n) is 15.6. The summed E-state index contributed by atoms with van der Waals surface area (Å²) in [4.78, 5) is 16.5. The van der Waals surface area contributed by atoms with Crippen LogP contribution in [-0.4, -0.2) is 60.3 Å². The second-order valence-electron chi connectivity index (χ2n) is 7.48. The van der Waals surface area contributed by atoms with Gasteiger partial charge in [0.1, 0.15) is 11.4 Å². The summed E-state index contributed by atoms with van der Waals surface area (Å²) >= 11 is 2.29. The van der Waals surface area contributed by atoms with Crippen molar-refractivity contribution in [2.24, 2.45) is 0 Å². The lowest BCUT2D eigenvalue weighted by Crippen LogP contribution is -2.55. The van der Waals surface area contributed by atoms with E-state index in [0.29, 0.717) is 13.2 Å². The molecule has 1 aliphatic heterocycles.